The number of carbonyl (C=O) groups is 6. The number of ether oxygens (including phenoxy) is 1. The van der Waals surface area contributed by atoms with E-state index >= 15 is 0 Å². The fourth-order valence-electron chi connectivity index (χ4n) is 2.63. The lowest BCUT2D eigenvalue weighted by atomic mass is 10.2. The van der Waals surface area contributed by atoms with Gasteiger partial charge in [-0.25, -0.2) is 13.2 Å². The molecule has 1 saturated heterocycles. The Balaban J connectivity index is 2.61. The standard InChI is InChI=1S/C19H27N3O11S/c1-2-12-32-18(27)7-10-21(11-8-19(28)33-22-16(25)5-6-17(22)26)15(24)4-3-14(23)20-9-13-34(29,30)31/h2H,1,3-13H2,(H,20,23)(H,29,30,31)/p-1. The summed E-state index contributed by atoms with van der Waals surface area (Å²) in [6.07, 6.45) is -0.0945. The summed E-state index contributed by atoms with van der Waals surface area (Å²) >= 11 is 0. The van der Waals surface area contributed by atoms with Crippen LogP contribution in [-0.2, 0) is 48.5 Å². The van der Waals surface area contributed by atoms with Gasteiger partial charge < -0.3 is 24.3 Å². The van der Waals surface area contributed by atoms with Crippen molar-refractivity contribution in [1.82, 2.24) is 15.3 Å². The second-order valence-electron chi connectivity index (χ2n) is 7.01. The lowest BCUT2D eigenvalue weighted by molar-refractivity contribution is -0.197. The fraction of sp³-hybridized carbons (Fsp3) is 0.579. The molecule has 0 aromatic carbocycles. The van der Waals surface area contributed by atoms with Crippen LogP contribution in [0.2, 0.25) is 0 Å². The minimum Gasteiger partial charge on any atom is -0.748 e. The predicted molar refractivity (Wildman–Crippen MR) is 111 cm³/mol. The Bertz CT molecular complexity index is 900. The molecule has 1 heterocycles. The van der Waals surface area contributed by atoms with Gasteiger partial charge in [-0.1, -0.05) is 12.7 Å². The van der Waals surface area contributed by atoms with Crippen molar-refractivity contribution in [3.05, 3.63) is 12.7 Å². The number of imide groups is 1. The van der Waals surface area contributed by atoms with Gasteiger partial charge >= 0.3 is 11.9 Å². The maximum absolute atomic E-state index is 12.5. The molecule has 1 aliphatic rings. The molecule has 0 aromatic rings. The van der Waals surface area contributed by atoms with Crippen molar-refractivity contribution in [2.45, 2.75) is 38.5 Å². The summed E-state index contributed by atoms with van der Waals surface area (Å²) in [6, 6.07) is 0. The maximum Gasteiger partial charge on any atom is 0.334 e. The Kier molecular flexibility index (Phi) is 11.9. The first-order chi connectivity index (χ1) is 15.9. The zero-order chi connectivity index (χ0) is 25.7. The van der Waals surface area contributed by atoms with Crippen molar-refractivity contribution >= 4 is 45.7 Å². The SMILES string of the molecule is C=CCOC(=O)CCN(CCC(=O)ON1C(=O)CCC1=O)C(=O)CCC(=O)NCCS(=O)(=O)[O-]. The molecule has 0 aromatic heterocycles. The third kappa shape index (κ3) is 11.5. The summed E-state index contributed by atoms with van der Waals surface area (Å²) in [7, 11) is -4.50. The van der Waals surface area contributed by atoms with Crippen LogP contribution in [0.5, 0.6) is 0 Å². The first-order valence-corrected chi connectivity index (χ1v) is 11.8. The van der Waals surface area contributed by atoms with E-state index in [4.69, 9.17) is 9.57 Å². The van der Waals surface area contributed by atoms with E-state index < -0.39 is 64.4 Å². The summed E-state index contributed by atoms with van der Waals surface area (Å²) in [4.78, 5) is 76.9. The molecule has 1 rings (SSSR count). The van der Waals surface area contributed by atoms with E-state index in [1.165, 1.54) is 6.08 Å². The largest absolute Gasteiger partial charge is 0.748 e. The number of hydrogen-bond donors (Lipinski definition) is 1. The van der Waals surface area contributed by atoms with Crippen LogP contribution in [0.1, 0.15) is 38.5 Å². The number of amides is 4. The second kappa shape index (κ2) is 14.0. The molecule has 0 saturated carbocycles. The molecule has 0 atom stereocenters. The van der Waals surface area contributed by atoms with Gasteiger partial charge in [0.2, 0.25) is 11.8 Å². The van der Waals surface area contributed by atoms with Gasteiger partial charge in [-0.3, -0.25) is 24.0 Å². The van der Waals surface area contributed by atoms with Crippen LogP contribution in [0.15, 0.2) is 12.7 Å². The highest BCUT2D eigenvalue weighted by molar-refractivity contribution is 7.85. The Labute approximate surface area is 195 Å². The molecule has 34 heavy (non-hydrogen) atoms. The Hall–Kier alpha value is -3.33. The molecule has 0 aliphatic carbocycles. The number of hydroxylamine groups is 2. The van der Waals surface area contributed by atoms with E-state index in [2.05, 4.69) is 11.9 Å². The van der Waals surface area contributed by atoms with Crippen molar-refractivity contribution in [1.29, 1.82) is 0 Å². The maximum atomic E-state index is 12.5. The van der Waals surface area contributed by atoms with Crippen LogP contribution in [0.25, 0.3) is 0 Å². The number of hydrogen-bond acceptors (Lipinski definition) is 11. The van der Waals surface area contributed by atoms with E-state index in [-0.39, 0.29) is 51.8 Å². The van der Waals surface area contributed by atoms with Crippen molar-refractivity contribution in [3.63, 3.8) is 0 Å². The minimum atomic E-state index is -4.50. The van der Waals surface area contributed by atoms with Crippen LogP contribution < -0.4 is 5.32 Å². The second-order valence-corrected chi connectivity index (χ2v) is 8.53. The van der Waals surface area contributed by atoms with Crippen LogP contribution in [0.4, 0.5) is 0 Å². The number of rotatable bonds is 15. The summed E-state index contributed by atoms with van der Waals surface area (Å²) in [5.74, 6) is -4.98. The Morgan fingerprint density at radius 1 is 1.03 bits per heavy atom. The number of carbonyl (C=O) groups excluding carboxylic acids is 6. The number of esters is 1. The first-order valence-electron chi connectivity index (χ1n) is 10.2. The third-order valence-corrected chi connectivity index (χ3v) is 5.03. The average molecular weight is 504 g/mol. The molecule has 1 aliphatic heterocycles. The first kappa shape index (κ1) is 28.7. The van der Waals surface area contributed by atoms with Crippen LogP contribution in [-0.4, -0.2) is 90.5 Å². The van der Waals surface area contributed by atoms with Gasteiger partial charge in [-0.05, 0) is 0 Å². The minimum absolute atomic E-state index is 0.0315. The van der Waals surface area contributed by atoms with Crippen molar-refractivity contribution in [2.75, 3.05) is 32.0 Å². The zero-order valence-electron chi connectivity index (χ0n) is 18.4. The molecule has 4 amide bonds. The molecule has 0 spiro atoms. The van der Waals surface area contributed by atoms with Crippen LogP contribution in [0.3, 0.4) is 0 Å². The lowest BCUT2D eigenvalue weighted by Gasteiger charge is -2.22. The molecule has 0 bridgehead atoms. The highest BCUT2D eigenvalue weighted by atomic mass is 32.2. The van der Waals surface area contributed by atoms with Gasteiger partial charge in [0.15, 0.2) is 0 Å². The normalized spacial score (nSPS) is 13.4. The third-order valence-electron chi connectivity index (χ3n) is 4.33. The quantitative estimate of drug-likeness (QED) is 0.116. The molecule has 190 valence electrons. The van der Waals surface area contributed by atoms with Crippen molar-refractivity contribution in [3.8, 4) is 0 Å². The number of nitrogens with zero attached hydrogens (tertiary/aromatic N) is 2. The monoisotopic (exact) mass is 504 g/mol. The van der Waals surface area contributed by atoms with Gasteiger partial charge in [0.25, 0.3) is 11.8 Å². The molecular formula is C19H26N3O11S-. The molecule has 1 N–H and O–H groups in total. The van der Waals surface area contributed by atoms with E-state index in [0.29, 0.717) is 5.06 Å². The van der Waals surface area contributed by atoms with Gasteiger partial charge in [0.05, 0.1) is 28.7 Å². The number of nitrogens with one attached hydrogen (secondary N) is 1. The molecule has 0 radical (unpaired) electrons. The van der Waals surface area contributed by atoms with E-state index in [1.807, 2.05) is 0 Å². The van der Waals surface area contributed by atoms with Gasteiger partial charge in [0, 0.05) is 45.3 Å². The van der Waals surface area contributed by atoms with Crippen molar-refractivity contribution in [2.24, 2.45) is 0 Å². The van der Waals surface area contributed by atoms with Gasteiger partial charge in [-0.15, -0.1) is 5.06 Å². The fourth-order valence-corrected chi connectivity index (χ4v) is 2.98. The topological polar surface area (TPSA) is 197 Å². The molecule has 14 nitrogen and oxygen atoms in total. The van der Waals surface area contributed by atoms with Gasteiger partial charge in [-0.2, -0.15) is 0 Å². The lowest BCUT2D eigenvalue weighted by Crippen LogP contribution is -2.38. The molecule has 0 unspecified atom stereocenters. The van der Waals surface area contributed by atoms with Crippen molar-refractivity contribution < 1.29 is 51.3 Å². The van der Waals surface area contributed by atoms with Crippen LogP contribution in [0, 0.1) is 0 Å². The summed E-state index contributed by atoms with van der Waals surface area (Å²) in [5.41, 5.74) is 0. The highest BCUT2D eigenvalue weighted by Gasteiger charge is 2.33. The van der Waals surface area contributed by atoms with Crippen LogP contribution >= 0.6 is 0 Å². The predicted octanol–water partition coefficient (Wildman–Crippen LogP) is -1.63. The van der Waals surface area contributed by atoms with E-state index in [0.717, 1.165) is 4.90 Å². The smallest absolute Gasteiger partial charge is 0.334 e. The molecular weight excluding hydrogens is 478 g/mol. The Morgan fingerprint density at radius 2 is 1.62 bits per heavy atom. The summed E-state index contributed by atoms with van der Waals surface area (Å²) < 4.78 is 36.5. The molecule has 15 heteroatoms. The summed E-state index contributed by atoms with van der Waals surface area (Å²) in [5, 5.41) is 2.56. The molecule has 1 fully saturated rings. The highest BCUT2D eigenvalue weighted by Crippen LogP contribution is 2.13. The Morgan fingerprint density at radius 3 is 2.18 bits per heavy atom. The average Bonchev–Trinajstić information content (AvgIpc) is 3.07. The van der Waals surface area contributed by atoms with Gasteiger partial charge in [0.1, 0.15) is 6.61 Å². The zero-order valence-corrected chi connectivity index (χ0v) is 19.2. The van der Waals surface area contributed by atoms with E-state index in [1.54, 1.807) is 0 Å². The van der Waals surface area contributed by atoms with E-state index in [9.17, 15) is 41.7 Å². The summed E-state index contributed by atoms with van der Waals surface area (Å²) in [6.45, 7) is 2.57.